The van der Waals surface area contributed by atoms with Crippen molar-refractivity contribution in [3.8, 4) is 0 Å². The summed E-state index contributed by atoms with van der Waals surface area (Å²) in [5, 5.41) is 6.35. The second kappa shape index (κ2) is 7.26. The fourth-order valence-electron chi connectivity index (χ4n) is 2.21. The second-order valence-electron chi connectivity index (χ2n) is 5.62. The Labute approximate surface area is 121 Å². The highest BCUT2D eigenvalue weighted by atomic mass is 32.2. The fourth-order valence-corrected chi connectivity index (χ4v) is 3.89. The van der Waals surface area contributed by atoms with Gasteiger partial charge in [-0.1, -0.05) is 0 Å². The minimum Gasteiger partial charge on any atom is -0.381 e. The monoisotopic (exact) mass is 303 g/mol. The summed E-state index contributed by atoms with van der Waals surface area (Å²) in [5.41, 5.74) is 0. The molecule has 0 spiro atoms. The third-order valence-electron chi connectivity index (χ3n) is 3.61. The maximum atomic E-state index is 11.4. The topological polar surface area (TPSA) is 79.8 Å². The van der Waals surface area contributed by atoms with E-state index >= 15 is 0 Å². The lowest BCUT2D eigenvalue weighted by atomic mass is 10.3. The van der Waals surface area contributed by atoms with Gasteiger partial charge in [0, 0.05) is 32.8 Å². The van der Waals surface area contributed by atoms with Crippen molar-refractivity contribution in [3.63, 3.8) is 0 Å². The number of ether oxygens (including phenoxy) is 1. The van der Waals surface area contributed by atoms with Gasteiger partial charge in [0.25, 0.3) is 0 Å². The minimum absolute atomic E-state index is 0.0164. The molecule has 1 aliphatic heterocycles. The van der Waals surface area contributed by atoms with Crippen LogP contribution in [0.4, 0.5) is 0 Å². The van der Waals surface area contributed by atoms with Gasteiger partial charge in [-0.05, 0) is 31.6 Å². The van der Waals surface area contributed by atoms with Gasteiger partial charge in [-0.15, -0.1) is 0 Å². The van der Waals surface area contributed by atoms with E-state index in [1.54, 1.807) is 7.05 Å². The van der Waals surface area contributed by atoms with Gasteiger partial charge < -0.3 is 15.4 Å². The Hall–Kier alpha value is -0.820. The highest BCUT2D eigenvalue weighted by molar-refractivity contribution is 7.91. The van der Waals surface area contributed by atoms with Gasteiger partial charge in [-0.2, -0.15) is 0 Å². The maximum absolute atomic E-state index is 11.4. The third-order valence-corrected chi connectivity index (χ3v) is 5.37. The zero-order valence-electron chi connectivity index (χ0n) is 12.1. The Morgan fingerprint density at radius 3 is 2.75 bits per heavy atom. The van der Waals surface area contributed by atoms with Crippen LogP contribution in [-0.2, 0) is 14.6 Å². The van der Waals surface area contributed by atoms with Gasteiger partial charge in [0.15, 0.2) is 15.8 Å². The summed E-state index contributed by atoms with van der Waals surface area (Å²) in [6.07, 6.45) is 4.22. The maximum Gasteiger partial charge on any atom is 0.191 e. The Balaban J connectivity index is 1.55. The number of rotatable bonds is 7. The number of aliphatic imine (C=N–C) groups is 1. The number of hydrogen-bond acceptors (Lipinski definition) is 4. The van der Waals surface area contributed by atoms with E-state index in [1.807, 2.05) is 0 Å². The highest BCUT2D eigenvalue weighted by Gasteiger charge is 2.28. The summed E-state index contributed by atoms with van der Waals surface area (Å²) in [6.45, 7) is 2.44. The van der Waals surface area contributed by atoms with E-state index in [0.29, 0.717) is 12.4 Å². The Morgan fingerprint density at radius 1 is 1.35 bits per heavy atom. The molecule has 7 heteroatoms. The van der Waals surface area contributed by atoms with E-state index in [1.165, 1.54) is 12.8 Å². The van der Waals surface area contributed by atoms with Crippen LogP contribution in [0.25, 0.3) is 0 Å². The van der Waals surface area contributed by atoms with E-state index in [2.05, 4.69) is 15.6 Å². The van der Waals surface area contributed by atoms with Crippen molar-refractivity contribution in [1.29, 1.82) is 0 Å². The molecule has 1 heterocycles. The van der Waals surface area contributed by atoms with E-state index in [9.17, 15) is 8.42 Å². The first kappa shape index (κ1) is 15.6. The molecule has 1 atom stereocenters. The first-order valence-electron chi connectivity index (χ1n) is 7.34. The van der Waals surface area contributed by atoms with E-state index < -0.39 is 9.84 Å². The molecule has 2 rings (SSSR count). The average Bonchev–Trinajstić information content (AvgIpc) is 3.16. The van der Waals surface area contributed by atoms with Gasteiger partial charge in [-0.3, -0.25) is 4.99 Å². The Morgan fingerprint density at radius 2 is 2.15 bits per heavy atom. The molecule has 2 N–H and O–H groups in total. The summed E-state index contributed by atoms with van der Waals surface area (Å²) in [4.78, 5) is 4.11. The molecule has 2 aliphatic rings. The quantitative estimate of drug-likeness (QED) is 0.398. The van der Waals surface area contributed by atoms with Gasteiger partial charge in [-0.25, -0.2) is 8.42 Å². The molecule has 0 amide bonds. The van der Waals surface area contributed by atoms with Crippen LogP contribution in [0.2, 0.25) is 0 Å². The molecule has 20 heavy (non-hydrogen) atoms. The molecule has 0 aromatic carbocycles. The van der Waals surface area contributed by atoms with Crippen LogP contribution in [0.3, 0.4) is 0 Å². The molecule has 116 valence electrons. The van der Waals surface area contributed by atoms with Crippen LogP contribution in [0.1, 0.15) is 25.7 Å². The average molecular weight is 303 g/mol. The molecule has 0 bridgehead atoms. The van der Waals surface area contributed by atoms with Gasteiger partial charge >= 0.3 is 0 Å². The van der Waals surface area contributed by atoms with Crippen LogP contribution < -0.4 is 10.6 Å². The molecule has 1 saturated heterocycles. The van der Waals surface area contributed by atoms with Crippen LogP contribution >= 0.6 is 0 Å². The summed E-state index contributed by atoms with van der Waals surface area (Å²) in [5.74, 6) is 1.96. The van der Waals surface area contributed by atoms with Crippen molar-refractivity contribution >= 4 is 15.8 Å². The number of guanidine groups is 1. The number of sulfone groups is 1. The van der Waals surface area contributed by atoms with E-state index in [4.69, 9.17) is 4.74 Å². The highest BCUT2D eigenvalue weighted by Crippen LogP contribution is 2.28. The smallest absolute Gasteiger partial charge is 0.191 e. The van der Waals surface area contributed by atoms with E-state index in [-0.39, 0.29) is 17.5 Å². The van der Waals surface area contributed by atoms with Crippen molar-refractivity contribution < 1.29 is 13.2 Å². The number of hydrogen-bond donors (Lipinski definition) is 2. The molecule has 1 unspecified atom stereocenters. The van der Waals surface area contributed by atoms with Gasteiger partial charge in [0.05, 0.1) is 11.5 Å². The predicted molar refractivity (Wildman–Crippen MR) is 79.7 cm³/mol. The third kappa shape index (κ3) is 5.66. The number of nitrogens with one attached hydrogen (secondary N) is 2. The molecule has 0 aromatic heterocycles. The van der Waals surface area contributed by atoms with Crippen molar-refractivity contribution in [1.82, 2.24) is 10.6 Å². The minimum atomic E-state index is -2.85. The lowest BCUT2D eigenvalue weighted by Crippen LogP contribution is -2.44. The van der Waals surface area contributed by atoms with Crippen LogP contribution in [0.15, 0.2) is 4.99 Å². The van der Waals surface area contributed by atoms with Crippen LogP contribution in [0.5, 0.6) is 0 Å². The zero-order valence-corrected chi connectivity index (χ0v) is 12.9. The van der Waals surface area contributed by atoms with Crippen LogP contribution in [0, 0.1) is 5.92 Å². The summed E-state index contributed by atoms with van der Waals surface area (Å²) in [6, 6.07) is -0.0164. The Kier molecular flexibility index (Phi) is 5.65. The van der Waals surface area contributed by atoms with Crippen molar-refractivity contribution in [2.45, 2.75) is 31.7 Å². The van der Waals surface area contributed by atoms with Crippen molar-refractivity contribution in [3.05, 3.63) is 0 Å². The summed E-state index contributed by atoms with van der Waals surface area (Å²) < 4.78 is 28.3. The fraction of sp³-hybridized carbons (Fsp3) is 0.923. The standard InChI is InChI=1S/C13H25N3O3S/c1-14-13(16-12-5-8-20(17,18)10-12)15-6-2-7-19-9-11-3-4-11/h11-12H,2-10H2,1H3,(H2,14,15,16). The van der Waals surface area contributed by atoms with E-state index in [0.717, 1.165) is 32.1 Å². The number of nitrogens with zero attached hydrogens (tertiary/aromatic N) is 1. The molecular formula is C13H25N3O3S. The molecule has 6 nitrogen and oxygen atoms in total. The zero-order chi connectivity index (χ0) is 14.4. The first-order valence-corrected chi connectivity index (χ1v) is 9.16. The Bertz CT molecular complexity index is 432. The molecule has 1 saturated carbocycles. The lowest BCUT2D eigenvalue weighted by Gasteiger charge is -2.16. The first-order chi connectivity index (χ1) is 9.59. The van der Waals surface area contributed by atoms with Crippen molar-refractivity contribution in [2.24, 2.45) is 10.9 Å². The molecule has 0 radical (unpaired) electrons. The normalized spacial score (nSPS) is 25.6. The summed E-state index contributed by atoms with van der Waals surface area (Å²) in [7, 11) is -1.15. The van der Waals surface area contributed by atoms with Gasteiger partial charge in [0.1, 0.15) is 0 Å². The molecule has 1 aliphatic carbocycles. The molecular weight excluding hydrogens is 278 g/mol. The van der Waals surface area contributed by atoms with Gasteiger partial charge in [0.2, 0.25) is 0 Å². The summed E-state index contributed by atoms with van der Waals surface area (Å²) >= 11 is 0. The van der Waals surface area contributed by atoms with Crippen LogP contribution in [-0.4, -0.2) is 58.7 Å². The second-order valence-corrected chi connectivity index (χ2v) is 7.84. The SMILES string of the molecule is CN=C(NCCCOCC1CC1)NC1CCS(=O)(=O)C1. The molecule has 2 fully saturated rings. The van der Waals surface area contributed by atoms with Crippen molar-refractivity contribution in [2.75, 3.05) is 38.3 Å². The lowest BCUT2D eigenvalue weighted by molar-refractivity contribution is 0.123. The predicted octanol–water partition coefficient (Wildman–Crippen LogP) is 0.155. The largest absolute Gasteiger partial charge is 0.381 e. The molecule has 0 aromatic rings.